The van der Waals surface area contributed by atoms with Crippen molar-refractivity contribution in [3.05, 3.63) is 72.3 Å². The lowest BCUT2D eigenvalue weighted by molar-refractivity contribution is 0.259. The molecule has 11 heteroatoms. The van der Waals surface area contributed by atoms with Gasteiger partial charge in [0.25, 0.3) is 0 Å². The summed E-state index contributed by atoms with van der Waals surface area (Å²) in [6.45, 7) is 2.69. The average Bonchev–Trinajstić information content (AvgIpc) is 2.82. The van der Waals surface area contributed by atoms with Crippen molar-refractivity contribution in [2.45, 2.75) is 18.4 Å². The summed E-state index contributed by atoms with van der Waals surface area (Å²) in [6, 6.07) is 18.7. The topological polar surface area (TPSA) is 162 Å². The number of hydrogen-bond donors (Lipinski definition) is 4. The van der Waals surface area contributed by atoms with E-state index in [9.17, 15) is 13.2 Å². The van der Waals surface area contributed by atoms with E-state index in [2.05, 4.69) is 20.6 Å². The van der Waals surface area contributed by atoms with E-state index in [1.807, 2.05) is 37.3 Å². The number of hydrogen-bond acceptors (Lipinski definition) is 7. The third-order valence-electron chi connectivity index (χ3n) is 5.13. The second-order valence-electron chi connectivity index (χ2n) is 7.63. The molecule has 0 saturated heterocycles. The quantitative estimate of drug-likeness (QED) is 0.293. The first-order chi connectivity index (χ1) is 16.7. The fourth-order valence-electron chi connectivity index (χ4n) is 3.47. The maximum absolute atomic E-state index is 11.4. The van der Waals surface area contributed by atoms with E-state index in [-0.39, 0.29) is 4.90 Å². The molecule has 0 atom stereocenters. The van der Waals surface area contributed by atoms with Crippen LogP contribution in [0.4, 0.5) is 16.4 Å². The van der Waals surface area contributed by atoms with E-state index in [1.165, 1.54) is 12.1 Å². The molecule has 0 aliphatic carbocycles. The number of carbonyl (C=O) groups is 1. The highest BCUT2D eigenvalue weighted by Gasteiger charge is 2.12. The first-order valence-corrected chi connectivity index (χ1v) is 12.2. The molecule has 4 rings (SSSR count). The average molecular weight is 493 g/mol. The number of nitrogens with zero attached hydrogens (tertiary/aromatic N) is 2. The molecule has 1 aromatic heterocycles. The molecule has 0 radical (unpaired) electrons. The summed E-state index contributed by atoms with van der Waals surface area (Å²) in [5.74, 6) is 0.824. The van der Waals surface area contributed by atoms with Crippen LogP contribution in [0.5, 0.6) is 5.88 Å². The largest absolute Gasteiger partial charge is 0.477 e. The van der Waals surface area contributed by atoms with Gasteiger partial charge in [-0.25, -0.2) is 23.3 Å². The van der Waals surface area contributed by atoms with Crippen molar-refractivity contribution in [1.29, 1.82) is 0 Å². The van der Waals surface area contributed by atoms with Gasteiger partial charge in [-0.3, -0.25) is 0 Å². The Bertz CT molecular complexity index is 1470. The molecule has 35 heavy (non-hydrogen) atoms. The monoisotopic (exact) mass is 492 g/mol. The minimum atomic E-state index is -3.74. The summed E-state index contributed by atoms with van der Waals surface area (Å²) in [5, 5.41) is 11.6. The Morgan fingerprint density at radius 3 is 2.29 bits per heavy atom. The minimum Gasteiger partial charge on any atom is -0.477 e. The zero-order valence-electron chi connectivity index (χ0n) is 18.9. The van der Waals surface area contributed by atoms with Crippen molar-refractivity contribution in [3.8, 4) is 17.0 Å². The number of rotatable bonds is 8. The fourth-order valence-corrected chi connectivity index (χ4v) is 3.99. The van der Waals surface area contributed by atoms with Crippen LogP contribution in [0.25, 0.3) is 22.0 Å². The summed E-state index contributed by atoms with van der Waals surface area (Å²) < 4.78 is 28.6. The number of fused-ring (bicyclic) bond motifs is 1. The molecule has 6 N–H and O–H groups in total. The zero-order valence-corrected chi connectivity index (χ0v) is 19.7. The Kier molecular flexibility index (Phi) is 6.80. The Hall–Kier alpha value is -4.22. The summed E-state index contributed by atoms with van der Waals surface area (Å²) >= 11 is 0. The summed E-state index contributed by atoms with van der Waals surface area (Å²) in [7, 11) is -3.74. The van der Waals surface area contributed by atoms with Gasteiger partial charge in [0.15, 0.2) is 0 Å². The summed E-state index contributed by atoms with van der Waals surface area (Å²) in [6.07, 6.45) is 0. The molecule has 2 amide bonds. The maximum Gasteiger partial charge on any atom is 0.316 e. The lowest BCUT2D eigenvalue weighted by Crippen LogP contribution is -2.19. The standard InChI is InChI=1S/C24H24N6O4S/c1-2-34-22-20-13-17(16-5-8-18(9-6-16)28-23(25)31)7-12-21(20)29-24(30-22)27-14-15-3-10-19(11-4-15)35(26,32)33/h3-13H,2,14H2,1H3,(H3,25,28,31)(H2,26,32,33)(H,27,29,30). The Balaban J connectivity index is 1.58. The predicted molar refractivity (Wildman–Crippen MR) is 134 cm³/mol. The lowest BCUT2D eigenvalue weighted by Gasteiger charge is -2.12. The number of carbonyl (C=O) groups excluding carboxylic acids is 1. The van der Waals surface area contributed by atoms with E-state index in [1.54, 1.807) is 24.3 Å². The van der Waals surface area contributed by atoms with E-state index >= 15 is 0 Å². The van der Waals surface area contributed by atoms with Crippen LogP contribution < -0.4 is 26.2 Å². The third kappa shape index (κ3) is 5.83. The van der Waals surface area contributed by atoms with E-state index in [0.717, 1.165) is 22.1 Å². The van der Waals surface area contributed by atoms with Gasteiger partial charge in [0.2, 0.25) is 21.9 Å². The second kappa shape index (κ2) is 9.95. The molecule has 0 bridgehead atoms. The number of urea groups is 1. The normalized spacial score (nSPS) is 11.3. The summed E-state index contributed by atoms with van der Waals surface area (Å²) in [4.78, 5) is 20.2. The lowest BCUT2D eigenvalue weighted by atomic mass is 10.0. The molecule has 0 saturated carbocycles. The van der Waals surface area contributed by atoms with E-state index in [4.69, 9.17) is 15.6 Å². The van der Waals surface area contributed by atoms with Gasteiger partial charge >= 0.3 is 6.03 Å². The number of anilines is 2. The number of primary amides is 1. The molecule has 0 spiro atoms. The molecular weight excluding hydrogens is 468 g/mol. The number of benzene rings is 3. The molecule has 0 unspecified atom stereocenters. The number of nitrogens with two attached hydrogens (primary N) is 2. The van der Waals surface area contributed by atoms with Crippen LogP contribution in [-0.2, 0) is 16.6 Å². The predicted octanol–water partition coefficient (Wildman–Crippen LogP) is 3.45. The highest BCUT2D eigenvalue weighted by atomic mass is 32.2. The van der Waals surface area contributed by atoms with Crippen LogP contribution in [0.3, 0.4) is 0 Å². The van der Waals surface area contributed by atoms with Gasteiger partial charge in [-0.1, -0.05) is 30.3 Å². The molecule has 0 fully saturated rings. The van der Waals surface area contributed by atoms with Crippen molar-refractivity contribution in [3.63, 3.8) is 0 Å². The Labute approximate surface area is 202 Å². The number of nitrogens with one attached hydrogen (secondary N) is 2. The molecule has 180 valence electrons. The highest BCUT2D eigenvalue weighted by Crippen LogP contribution is 2.30. The number of ether oxygens (including phenoxy) is 1. The van der Waals surface area contributed by atoms with Gasteiger partial charge in [-0.2, -0.15) is 4.98 Å². The number of sulfonamides is 1. The van der Waals surface area contributed by atoms with Crippen molar-refractivity contribution in [2.75, 3.05) is 17.2 Å². The third-order valence-corrected chi connectivity index (χ3v) is 6.06. The van der Waals surface area contributed by atoms with Crippen molar-refractivity contribution in [2.24, 2.45) is 10.9 Å². The number of amides is 2. The van der Waals surface area contributed by atoms with Crippen LogP contribution >= 0.6 is 0 Å². The minimum absolute atomic E-state index is 0.0522. The molecule has 4 aromatic rings. The second-order valence-corrected chi connectivity index (χ2v) is 9.19. The summed E-state index contributed by atoms with van der Waals surface area (Å²) in [5.41, 5.74) is 9.18. The fraction of sp³-hybridized carbons (Fsp3) is 0.125. The smallest absolute Gasteiger partial charge is 0.316 e. The van der Waals surface area contributed by atoms with Crippen LogP contribution in [0.2, 0.25) is 0 Å². The van der Waals surface area contributed by atoms with Gasteiger partial charge < -0.3 is 21.1 Å². The van der Waals surface area contributed by atoms with Crippen molar-refractivity contribution >= 4 is 38.6 Å². The molecule has 0 aliphatic heterocycles. The molecular formula is C24H24N6O4S. The number of primary sulfonamides is 1. The van der Waals surface area contributed by atoms with Gasteiger partial charge in [0.1, 0.15) is 0 Å². The SMILES string of the molecule is CCOc1nc(NCc2ccc(S(N)(=O)=O)cc2)nc2ccc(-c3ccc(NC(N)=O)cc3)cc12. The van der Waals surface area contributed by atoms with Crippen LogP contribution in [0, 0.1) is 0 Å². The maximum atomic E-state index is 11.4. The van der Waals surface area contributed by atoms with Crippen LogP contribution in [0.15, 0.2) is 71.6 Å². The molecule has 10 nitrogen and oxygen atoms in total. The first kappa shape index (κ1) is 23.9. The van der Waals surface area contributed by atoms with Gasteiger partial charge in [-0.15, -0.1) is 0 Å². The van der Waals surface area contributed by atoms with Gasteiger partial charge in [-0.05, 0) is 60.0 Å². The van der Waals surface area contributed by atoms with E-state index in [0.29, 0.717) is 36.2 Å². The van der Waals surface area contributed by atoms with Gasteiger partial charge in [0, 0.05) is 12.2 Å². The van der Waals surface area contributed by atoms with Crippen LogP contribution in [-0.4, -0.2) is 31.0 Å². The van der Waals surface area contributed by atoms with Crippen LogP contribution in [0.1, 0.15) is 12.5 Å². The first-order valence-electron chi connectivity index (χ1n) is 10.7. The zero-order chi connectivity index (χ0) is 25.0. The van der Waals surface area contributed by atoms with Gasteiger partial charge in [0.05, 0.1) is 22.4 Å². The van der Waals surface area contributed by atoms with Crippen molar-refractivity contribution in [1.82, 2.24) is 9.97 Å². The molecule has 0 aliphatic rings. The molecule has 1 heterocycles. The Morgan fingerprint density at radius 1 is 0.971 bits per heavy atom. The number of aromatic nitrogens is 2. The highest BCUT2D eigenvalue weighted by molar-refractivity contribution is 7.89. The van der Waals surface area contributed by atoms with E-state index < -0.39 is 16.1 Å². The molecule has 3 aromatic carbocycles. The van der Waals surface area contributed by atoms with Crippen molar-refractivity contribution < 1.29 is 17.9 Å². The Morgan fingerprint density at radius 2 is 1.66 bits per heavy atom.